The molecule has 1 aromatic rings. The maximum atomic E-state index is 12.6. The van der Waals surface area contributed by atoms with Crippen LogP contribution in [-0.4, -0.2) is 47.2 Å². The van der Waals surface area contributed by atoms with E-state index in [1.165, 1.54) is 38.0 Å². The normalized spacial score (nSPS) is 20.9. The number of methoxy groups -OCH3 is 1. The van der Waals surface area contributed by atoms with E-state index in [4.69, 9.17) is 4.74 Å². The van der Waals surface area contributed by atoms with Crippen LogP contribution in [0.15, 0.2) is 18.2 Å². The number of carbonyl (C=O) groups is 3. The number of hydrogen-bond acceptors (Lipinski definition) is 5. The number of benzene rings is 1. The number of piperidine rings is 1. The Morgan fingerprint density at radius 1 is 1.26 bits per heavy atom. The molecule has 23 heavy (non-hydrogen) atoms. The molecule has 124 valence electrons. The molecular weight excluding hydrogens is 298 g/mol. The first-order chi connectivity index (χ1) is 10.8. The third kappa shape index (κ3) is 3.52. The van der Waals surface area contributed by atoms with Gasteiger partial charge in [-0.2, -0.15) is 0 Å². The molecule has 2 unspecified atom stereocenters. The molecule has 2 rings (SSSR count). The Bertz CT molecular complexity index is 640. The molecule has 1 aliphatic rings. The van der Waals surface area contributed by atoms with E-state index >= 15 is 0 Å². The van der Waals surface area contributed by atoms with Gasteiger partial charge in [0.25, 0.3) is 0 Å². The number of ether oxygens (including phenoxy) is 1. The third-order valence-corrected chi connectivity index (χ3v) is 4.32. The summed E-state index contributed by atoms with van der Waals surface area (Å²) in [5, 5.41) is 10.0. The quantitative estimate of drug-likeness (QED) is 0.856. The lowest BCUT2D eigenvalue weighted by molar-refractivity contribution is -0.139. The number of nitrogens with zero attached hydrogens (tertiary/aromatic N) is 1. The largest absolute Gasteiger partial charge is 0.507 e. The second kappa shape index (κ2) is 6.81. The number of likely N-dealkylation sites (tertiary alicyclic amines) is 1. The van der Waals surface area contributed by atoms with Crippen molar-refractivity contribution in [3.05, 3.63) is 23.8 Å². The fourth-order valence-electron chi connectivity index (χ4n) is 3.03. The third-order valence-electron chi connectivity index (χ3n) is 4.32. The summed E-state index contributed by atoms with van der Waals surface area (Å²) < 4.78 is 5.00. The summed E-state index contributed by atoms with van der Waals surface area (Å²) in [4.78, 5) is 37.6. The molecule has 0 aliphatic carbocycles. The molecule has 0 bridgehead atoms. The second-order valence-corrected chi connectivity index (χ2v) is 5.81. The number of hydrogen-bond donors (Lipinski definition) is 1. The van der Waals surface area contributed by atoms with Crippen molar-refractivity contribution in [3.63, 3.8) is 0 Å². The van der Waals surface area contributed by atoms with Crippen LogP contribution in [0.3, 0.4) is 0 Å². The van der Waals surface area contributed by atoms with Crippen molar-refractivity contribution in [2.24, 2.45) is 5.92 Å². The lowest BCUT2D eigenvalue weighted by Gasteiger charge is -2.37. The first-order valence-electron chi connectivity index (χ1n) is 7.54. The van der Waals surface area contributed by atoms with Gasteiger partial charge in [-0.1, -0.05) is 0 Å². The molecule has 1 N–H and O–H groups in total. The topological polar surface area (TPSA) is 83.9 Å². The minimum atomic E-state index is -0.574. The van der Waals surface area contributed by atoms with Crippen LogP contribution < -0.4 is 4.74 Å². The van der Waals surface area contributed by atoms with E-state index in [1.54, 1.807) is 6.07 Å². The molecule has 1 aromatic carbocycles. The van der Waals surface area contributed by atoms with Crippen LogP contribution in [0.25, 0.3) is 0 Å². The maximum absolute atomic E-state index is 12.6. The fraction of sp³-hybridized carbons (Fsp3) is 0.471. The molecule has 1 aliphatic heterocycles. The van der Waals surface area contributed by atoms with Crippen LogP contribution in [0, 0.1) is 5.92 Å². The summed E-state index contributed by atoms with van der Waals surface area (Å²) in [6, 6.07) is 3.95. The maximum Gasteiger partial charge on any atom is 0.220 e. The summed E-state index contributed by atoms with van der Waals surface area (Å²) in [5.41, 5.74) is 0.217. The highest BCUT2D eigenvalue weighted by molar-refractivity contribution is 6.01. The zero-order valence-corrected chi connectivity index (χ0v) is 13.5. The highest BCUT2D eigenvalue weighted by atomic mass is 16.5. The number of phenols is 1. The average Bonchev–Trinajstić information content (AvgIpc) is 2.53. The first kappa shape index (κ1) is 17.0. The molecule has 1 heterocycles. The van der Waals surface area contributed by atoms with Gasteiger partial charge in [0.15, 0.2) is 11.6 Å². The molecule has 1 amide bonds. The molecule has 2 atom stereocenters. The van der Waals surface area contributed by atoms with Crippen LogP contribution in [-0.2, 0) is 9.59 Å². The van der Waals surface area contributed by atoms with Crippen molar-refractivity contribution in [1.29, 1.82) is 0 Å². The fourth-order valence-corrected chi connectivity index (χ4v) is 3.03. The van der Waals surface area contributed by atoms with E-state index in [0.717, 1.165) is 0 Å². The zero-order valence-electron chi connectivity index (χ0n) is 13.5. The monoisotopic (exact) mass is 319 g/mol. The predicted molar refractivity (Wildman–Crippen MR) is 83.6 cm³/mol. The van der Waals surface area contributed by atoms with Gasteiger partial charge in [0.05, 0.1) is 18.7 Å². The lowest BCUT2D eigenvalue weighted by Crippen LogP contribution is -2.49. The van der Waals surface area contributed by atoms with E-state index in [0.29, 0.717) is 25.1 Å². The average molecular weight is 319 g/mol. The van der Waals surface area contributed by atoms with Crippen molar-refractivity contribution in [2.45, 2.75) is 32.7 Å². The summed E-state index contributed by atoms with van der Waals surface area (Å²) in [5.74, 6) is -0.562. The molecule has 0 spiro atoms. The van der Waals surface area contributed by atoms with E-state index in [1.807, 2.05) is 0 Å². The summed E-state index contributed by atoms with van der Waals surface area (Å²) in [6.45, 7) is 3.22. The molecule has 1 fully saturated rings. The van der Waals surface area contributed by atoms with E-state index in [-0.39, 0.29) is 28.8 Å². The number of amides is 1. The first-order valence-corrected chi connectivity index (χ1v) is 7.54. The highest BCUT2D eigenvalue weighted by Crippen LogP contribution is 2.31. The van der Waals surface area contributed by atoms with Crippen molar-refractivity contribution in [2.75, 3.05) is 13.7 Å². The Kier molecular flexibility index (Phi) is 5.03. The number of aromatic hydroxyl groups is 1. The second-order valence-electron chi connectivity index (χ2n) is 5.81. The summed E-state index contributed by atoms with van der Waals surface area (Å²) in [7, 11) is 1.48. The van der Waals surface area contributed by atoms with Gasteiger partial charge in [-0.3, -0.25) is 14.4 Å². The van der Waals surface area contributed by atoms with Gasteiger partial charge in [0.2, 0.25) is 5.91 Å². The van der Waals surface area contributed by atoms with Crippen LogP contribution >= 0.6 is 0 Å². The Balaban J connectivity index is 2.20. The predicted octanol–water partition coefficient (Wildman–Crippen LogP) is 1.80. The van der Waals surface area contributed by atoms with Gasteiger partial charge in [-0.05, 0) is 31.9 Å². The Labute approximate surface area is 135 Å². The zero-order chi connectivity index (χ0) is 17.1. The minimum absolute atomic E-state index is 0.128. The number of phenolic OH excluding ortho intramolecular Hbond substituents is 1. The summed E-state index contributed by atoms with van der Waals surface area (Å²) >= 11 is 0. The summed E-state index contributed by atoms with van der Waals surface area (Å²) in [6.07, 6.45) is 0.771. The lowest BCUT2D eigenvalue weighted by atomic mass is 9.83. The van der Waals surface area contributed by atoms with Crippen molar-refractivity contribution >= 4 is 17.5 Å². The van der Waals surface area contributed by atoms with Gasteiger partial charge >= 0.3 is 0 Å². The van der Waals surface area contributed by atoms with Crippen LogP contribution in [0.1, 0.15) is 37.0 Å². The molecule has 0 aromatic heterocycles. The smallest absolute Gasteiger partial charge is 0.220 e. The molecule has 6 nitrogen and oxygen atoms in total. The van der Waals surface area contributed by atoms with Crippen LogP contribution in [0.4, 0.5) is 0 Å². The highest BCUT2D eigenvalue weighted by Gasteiger charge is 2.36. The number of Topliss-reactive ketones (excluding diaryl/α,β-unsaturated/α-hetero) is 2. The molecule has 1 saturated heterocycles. The SMILES string of the molecule is COc1ccc(C(=O)C2CCN(C(C)=O)C(C(C)=O)C2)c(O)c1. The Hall–Kier alpha value is -2.37. The van der Waals surface area contributed by atoms with Gasteiger partial charge in [-0.25, -0.2) is 0 Å². The van der Waals surface area contributed by atoms with Crippen molar-refractivity contribution in [3.8, 4) is 11.5 Å². The van der Waals surface area contributed by atoms with Crippen LogP contribution in [0.5, 0.6) is 11.5 Å². The van der Waals surface area contributed by atoms with Crippen molar-refractivity contribution < 1.29 is 24.2 Å². The van der Waals surface area contributed by atoms with Crippen LogP contribution in [0.2, 0.25) is 0 Å². The van der Waals surface area contributed by atoms with Gasteiger partial charge in [-0.15, -0.1) is 0 Å². The number of rotatable bonds is 4. The standard InChI is InChI=1S/C17H21NO5/c1-10(19)15-8-12(6-7-18(15)11(2)20)17(22)14-5-4-13(23-3)9-16(14)21/h4-5,9,12,15,21H,6-8H2,1-3H3. The molecule has 0 radical (unpaired) electrons. The van der Waals surface area contributed by atoms with E-state index < -0.39 is 12.0 Å². The molecule has 6 heteroatoms. The minimum Gasteiger partial charge on any atom is -0.507 e. The van der Waals surface area contributed by atoms with Gasteiger partial charge in [0.1, 0.15) is 11.5 Å². The Morgan fingerprint density at radius 2 is 1.96 bits per heavy atom. The molecule has 0 saturated carbocycles. The van der Waals surface area contributed by atoms with E-state index in [2.05, 4.69) is 0 Å². The molecular formula is C17H21NO5. The van der Waals surface area contributed by atoms with Crippen molar-refractivity contribution in [1.82, 2.24) is 4.90 Å². The van der Waals surface area contributed by atoms with Gasteiger partial charge in [0, 0.05) is 25.5 Å². The van der Waals surface area contributed by atoms with Gasteiger partial charge < -0.3 is 14.7 Å². The Morgan fingerprint density at radius 3 is 2.48 bits per heavy atom. The number of ketones is 2. The number of carbonyl (C=O) groups excluding carboxylic acids is 3. The van der Waals surface area contributed by atoms with E-state index in [9.17, 15) is 19.5 Å².